The molecule has 0 bridgehead atoms. The molecular weight excluding hydrogens is 284 g/mol. The minimum absolute atomic E-state index is 0.587. The first-order valence-electron chi connectivity index (χ1n) is 6.65. The first kappa shape index (κ1) is 13.8. The first-order valence-corrected chi connectivity index (χ1v) is 7.47. The van der Waals surface area contributed by atoms with Crippen LogP contribution < -0.4 is 9.47 Å². The molecule has 1 aromatic carbocycles. The highest BCUT2D eigenvalue weighted by molar-refractivity contribution is 7.18. The van der Waals surface area contributed by atoms with Crippen molar-refractivity contribution >= 4 is 21.6 Å². The number of aromatic nitrogens is 2. The van der Waals surface area contributed by atoms with Gasteiger partial charge in [0.1, 0.15) is 10.7 Å². The van der Waals surface area contributed by atoms with Crippen molar-refractivity contribution in [2.45, 2.75) is 20.8 Å². The molecule has 2 heterocycles. The predicted molar refractivity (Wildman–Crippen MR) is 84.7 cm³/mol. The van der Waals surface area contributed by atoms with Gasteiger partial charge in [0.25, 0.3) is 0 Å². The Kier molecular flexibility index (Phi) is 3.51. The van der Waals surface area contributed by atoms with Crippen molar-refractivity contribution in [3.63, 3.8) is 0 Å². The van der Waals surface area contributed by atoms with Crippen LogP contribution in [-0.2, 0) is 0 Å². The molecule has 3 rings (SSSR count). The number of hydrogen-bond acceptors (Lipinski definition) is 5. The summed E-state index contributed by atoms with van der Waals surface area (Å²) >= 11 is 1.67. The predicted octanol–water partition coefficient (Wildman–Crippen LogP) is 4.42. The lowest BCUT2D eigenvalue weighted by Gasteiger charge is -2.10. The van der Waals surface area contributed by atoms with Gasteiger partial charge in [-0.15, -0.1) is 11.3 Å². The third-order valence-electron chi connectivity index (χ3n) is 3.38. The lowest BCUT2D eigenvalue weighted by atomic mass is 10.2. The van der Waals surface area contributed by atoms with Crippen molar-refractivity contribution < 1.29 is 9.47 Å². The minimum atomic E-state index is 0.587. The Bertz CT molecular complexity index is 811. The van der Waals surface area contributed by atoms with Gasteiger partial charge in [-0.2, -0.15) is 4.98 Å². The standard InChI is InChI=1S/C16H16N2O2S/c1-9-10(2)21-16-14(9)15(17-11(3)18-16)20-13-8-6-5-7-12(13)19-4/h5-8H,1-4H3. The van der Waals surface area contributed by atoms with Gasteiger partial charge in [-0.3, -0.25) is 0 Å². The SMILES string of the molecule is COc1ccccc1Oc1nc(C)nc2sc(C)c(C)c12. The van der Waals surface area contributed by atoms with Gasteiger partial charge in [0, 0.05) is 4.88 Å². The van der Waals surface area contributed by atoms with Crippen molar-refractivity contribution in [1.29, 1.82) is 0 Å². The zero-order valence-electron chi connectivity index (χ0n) is 12.4. The summed E-state index contributed by atoms with van der Waals surface area (Å²) in [5.74, 6) is 2.63. The fourth-order valence-corrected chi connectivity index (χ4v) is 3.26. The molecule has 0 atom stereocenters. The van der Waals surface area contributed by atoms with E-state index in [0.717, 1.165) is 10.2 Å². The summed E-state index contributed by atoms with van der Waals surface area (Å²) in [6, 6.07) is 7.56. The number of benzene rings is 1. The van der Waals surface area contributed by atoms with Crippen LogP contribution in [0.15, 0.2) is 24.3 Å². The molecule has 0 spiro atoms. The lowest BCUT2D eigenvalue weighted by molar-refractivity contribution is 0.375. The molecule has 2 aromatic heterocycles. The number of ether oxygens (including phenoxy) is 2. The number of hydrogen-bond donors (Lipinski definition) is 0. The summed E-state index contributed by atoms with van der Waals surface area (Å²) in [5, 5.41) is 0.981. The van der Waals surface area contributed by atoms with Crippen LogP contribution in [0.1, 0.15) is 16.3 Å². The van der Waals surface area contributed by atoms with E-state index in [1.807, 2.05) is 31.2 Å². The maximum absolute atomic E-state index is 6.02. The summed E-state index contributed by atoms with van der Waals surface area (Å²) in [7, 11) is 1.63. The molecule has 21 heavy (non-hydrogen) atoms. The van der Waals surface area contributed by atoms with E-state index in [4.69, 9.17) is 9.47 Å². The molecule has 0 unspecified atom stereocenters. The topological polar surface area (TPSA) is 44.2 Å². The van der Waals surface area contributed by atoms with Gasteiger partial charge in [-0.05, 0) is 38.5 Å². The molecule has 108 valence electrons. The summed E-state index contributed by atoms with van der Waals surface area (Å²) in [6.07, 6.45) is 0. The lowest BCUT2D eigenvalue weighted by Crippen LogP contribution is -1.96. The van der Waals surface area contributed by atoms with Crippen molar-refractivity contribution in [1.82, 2.24) is 9.97 Å². The molecular formula is C16H16N2O2S. The molecule has 5 heteroatoms. The number of nitrogens with zero attached hydrogens (tertiary/aromatic N) is 2. The zero-order valence-corrected chi connectivity index (χ0v) is 13.2. The maximum atomic E-state index is 6.02. The van der Waals surface area contributed by atoms with E-state index >= 15 is 0 Å². The fraction of sp³-hybridized carbons (Fsp3) is 0.250. The summed E-state index contributed by atoms with van der Waals surface area (Å²) in [6.45, 7) is 6.03. The van der Waals surface area contributed by atoms with Gasteiger partial charge >= 0.3 is 0 Å². The molecule has 0 fully saturated rings. The normalized spacial score (nSPS) is 10.9. The Labute approximate surface area is 127 Å². The zero-order chi connectivity index (χ0) is 15.0. The Morgan fingerprint density at radius 2 is 1.71 bits per heavy atom. The van der Waals surface area contributed by atoms with Crippen LogP contribution >= 0.6 is 11.3 Å². The Morgan fingerprint density at radius 1 is 1.00 bits per heavy atom. The Morgan fingerprint density at radius 3 is 2.43 bits per heavy atom. The number of methoxy groups -OCH3 is 1. The Balaban J connectivity index is 2.16. The number of fused-ring (bicyclic) bond motifs is 1. The Hall–Kier alpha value is -2.14. The van der Waals surface area contributed by atoms with Crippen LogP contribution in [-0.4, -0.2) is 17.1 Å². The molecule has 0 saturated carbocycles. The van der Waals surface area contributed by atoms with E-state index in [1.165, 1.54) is 10.4 Å². The second-order valence-electron chi connectivity index (χ2n) is 4.79. The monoisotopic (exact) mass is 300 g/mol. The number of thiophene rings is 1. The molecule has 4 nitrogen and oxygen atoms in total. The third-order valence-corrected chi connectivity index (χ3v) is 4.48. The minimum Gasteiger partial charge on any atom is -0.493 e. The van der Waals surface area contributed by atoms with Gasteiger partial charge in [0.2, 0.25) is 5.88 Å². The second kappa shape index (κ2) is 5.33. The van der Waals surface area contributed by atoms with Crippen molar-refractivity contribution in [2.75, 3.05) is 7.11 Å². The van der Waals surface area contributed by atoms with Crippen LogP contribution in [0.3, 0.4) is 0 Å². The van der Waals surface area contributed by atoms with Crippen molar-refractivity contribution in [2.24, 2.45) is 0 Å². The smallest absolute Gasteiger partial charge is 0.231 e. The average molecular weight is 300 g/mol. The second-order valence-corrected chi connectivity index (χ2v) is 6.00. The molecule has 0 radical (unpaired) electrons. The van der Waals surface area contributed by atoms with E-state index < -0.39 is 0 Å². The number of para-hydroxylation sites is 2. The van der Waals surface area contributed by atoms with Crippen LogP contribution in [0.2, 0.25) is 0 Å². The number of aryl methyl sites for hydroxylation is 3. The maximum Gasteiger partial charge on any atom is 0.231 e. The summed E-state index contributed by atoms with van der Waals surface area (Å²) < 4.78 is 11.3. The van der Waals surface area contributed by atoms with Gasteiger partial charge in [0.05, 0.1) is 12.5 Å². The first-order chi connectivity index (χ1) is 10.1. The molecule has 3 aromatic rings. The van der Waals surface area contributed by atoms with Gasteiger partial charge in [-0.25, -0.2) is 4.98 Å². The van der Waals surface area contributed by atoms with Gasteiger partial charge in [0.15, 0.2) is 11.5 Å². The van der Waals surface area contributed by atoms with E-state index in [-0.39, 0.29) is 0 Å². The van der Waals surface area contributed by atoms with Gasteiger partial charge in [-0.1, -0.05) is 12.1 Å². The molecule has 0 aliphatic rings. The number of rotatable bonds is 3. The van der Waals surface area contributed by atoms with E-state index in [9.17, 15) is 0 Å². The van der Waals surface area contributed by atoms with Crippen molar-refractivity contribution in [3.8, 4) is 17.4 Å². The highest BCUT2D eigenvalue weighted by Crippen LogP contribution is 2.38. The largest absolute Gasteiger partial charge is 0.493 e. The fourth-order valence-electron chi connectivity index (χ4n) is 2.20. The summed E-state index contributed by atoms with van der Waals surface area (Å²) in [4.78, 5) is 11.2. The average Bonchev–Trinajstić information content (AvgIpc) is 2.74. The van der Waals surface area contributed by atoms with Crippen LogP contribution in [0, 0.1) is 20.8 Å². The van der Waals surface area contributed by atoms with Crippen LogP contribution in [0.4, 0.5) is 0 Å². The van der Waals surface area contributed by atoms with Crippen molar-refractivity contribution in [3.05, 3.63) is 40.5 Å². The molecule has 0 N–H and O–H groups in total. The highest BCUT2D eigenvalue weighted by atomic mass is 32.1. The van der Waals surface area contributed by atoms with Gasteiger partial charge < -0.3 is 9.47 Å². The highest BCUT2D eigenvalue weighted by Gasteiger charge is 2.16. The summed E-state index contributed by atoms with van der Waals surface area (Å²) in [5.41, 5.74) is 1.17. The van der Waals surface area contributed by atoms with E-state index in [1.54, 1.807) is 18.4 Å². The molecule has 0 saturated heterocycles. The third kappa shape index (κ3) is 2.45. The van der Waals surface area contributed by atoms with E-state index in [0.29, 0.717) is 23.2 Å². The molecule has 0 aliphatic carbocycles. The van der Waals surface area contributed by atoms with E-state index in [2.05, 4.69) is 23.8 Å². The van der Waals surface area contributed by atoms with Crippen LogP contribution in [0.25, 0.3) is 10.2 Å². The quantitative estimate of drug-likeness (QED) is 0.718. The van der Waals surface area contributed by atoms with Crippen LogP contribution in [0.5, 0.6) is 17.4 Å². The molecule has 0 amide bonds. The molecule has 0 aliphatic heterocycles.